The lowest BCUT2D eigenvalue weighted by atomic mass is 10.1. The normalized spacial score (nSPS) is 10.5. The number of carboxylic acid groups (broad SMARTS) is 1. The number of hydrogen-bond acceptors (Lipinski definition) is 2. The van der Waals surface area contributed by atoms with E-state index in [1.165, 1.54) is 11.1 Å². The largest absolute Gasteiger partial charge is 0.478 e. The van der Waals surface area contributed by atoms with E-state index in [1.807, 2.05) is 18.2 Å². The number of hydrogen-bond donors (Lipinski definition) is 2. The predicted molar refractivity (Wildman–Crippen MR) is 82.8 cm³/mol. The van der Waals surface area contributed by atoms with Gasteiger partial charge in [-0.3, -0.25) is 0 Å². The highest BCUT2D eigenvalue weighted by molar-refractivity contribution is 9.10. The van der Waals surface area contributed by atoms with Gasteiger partial charge in [0.05, 0.1) is 5.56 Å². The average molecular weight is 334 g/mol. The van der Waals surface area contributed by atoms with E-state index in [-0.39, 0.29) is 0 Å². The zero-order chi connectivity index (χ0) is 14.5. The second kappa shape index (κ2) is 6.68. The maximum Gasteiger partial charge on any atom is 0.335 e. The first-order valence-corrected chi connectivity index (χ1v) is 7.14. The predicted octanol–water partition coefficient (Wildman–Crippen LogP) is 3.75. The van der Waals surface area contributed by atoms with Crippen molar-refractivity contribution in [2.24, 2.45) is 0 Å². The molecule has 0 saturated carbocycles. The van der Waals surface area contributed by atoms with Crippen LogP contribution >= 0.6 is 15.9 Å². The molecule has 0 radical (unpaired) electrons. The molecule has 0 spiro atoms. The van der Waals surface area contributed by atoms with Gasteiger partial charge < -0.3 is 10.4 Å². The molecule has 4 heteroatoms. The molecule has 2 aromatic rings. The van der Waals surface area contributed by atoms with Crippen LogP contribution in [0.2, 0.25) is 0 Å². The number of halogens is 1. The fourth-order valence-electron chi connectivity index (χ4n) is 1.96. The van der Waals surface area contributed by atoms with Gasteiger partial charge in [-0.1, -0.05) is 46.3 Å². The van der Waals surface area contributed by atoms with E-state index in [0.29, 0.717) is 12.1 Å². The molecule has 0 fully saturated rings. The summed E-state index contributed by atoms with van der Waals surface area (Å²) in [5.41, 5.74) is 3.87. The summed E-state index contributed by atoms with van der Waals surface area (Å²) < 4.78 is 0.815. The minimum Gasteiger partial charge on any atom is -0.478 e. The lowest BCUT2D eigenvalue weighted by Gasteiger charge is -2.09. The van der Waals surface area contributed by atoms with E-state index in [2.05, 4.69) is 40.3 Å². The van der Waals surface area contributed by atoms with Crippen LogP contribution in [0.25, 0.3) is 0 Å². The van der Waals surface area contributed by atoms with Gasteiger partial charge in [0.2, 0.25) is 0 Å². The topological polar surface area (TPSA) is 49.3 Å². The molecule has 2 rings (SSSR count). The van der Waals surface area contributed by atoms with Crippen molar-refractivity contribution in [3.05, 3.63) is 69.2 Å². The Morgan fingerprint density at radius 2 is 1.85 bits per heavy atom. The van der Waals surface area contributed by atoms with Crippen LogP contribution in [0.15, 0.2) is 46.9 Å². The van der Waals surface area contributed by atoms with Crippen LogP contribution in [0, 0.1) is 6.92 Å². The quantitative estimate of drug-likeness (QED) is 0.876. The molecule has 0 amide bonds. The van der Waals surface area contributed by atoms with Gasteiger partial charge in [0.25, 0.3) is 0 Å². The Kier molecular flexibility index (Phi) is 4.93. The van der Waals surface area contributed by atoms with Gasteiger partial charge >= 0.3 is 5.97 Å². The number of aryl methyl sites for hydroxylation is 1. The lowest BCUT2D eigenvalue weighted by molar-refractivity contribution is 0.0697. The number of carboxylic acids is 1. The fraction of sp³-hybridized carbons (Fsp3) is 0.188. The second-order valence-electron chi connectivity index (χ2n) is 4.64. The van der Waals surface area contributed by atoms with Crippen LogP contribution in [-0.2, 0) is 13.1 Å². The van der Waals surface area contributed by atoms with Crippen LogP contribution in [0.5, 0.6) is 0 Å². The van der Waals surface area contributed by atoms with Gasteiger partial charge in [0.1, 0.15) is 0 Å². The van der Waals surface area contributed by atoms with Crippen LogP contribution in [0.1, 0.15) is 27.0 Å². The van der Waals surface area contributed by atoms with E-state index < -0.39 is 5.97 Å². The summed E-state index contributed by atoms with van der Waals surface area (Å²) in [6, 6.07) is 13.3. The minimum absolute atomic E-state index is 0.291. The Morgan fingerprint density at radius 1 is 1.15 bits per heavy atom. The molecule has 0 aliphatic rings. The van der Waals surface area contributed by atoms with Gasteiger partial charge in [0.15, 0.2) is 0 Å². The Balaban J connectivity index is 1.98. The molecular weight excluding hydrogens is 318 g/mol. The number of carbonyl (C=O) groups is 1. The monoisotopic (exact) mass is 333 g/mol. The summed E-state index contributed by atoms with van der Waals surface area (Å²) in [7, 11) is 0. The zero-order valence-electron chi connectivity index (χ0n) is 11.2. The lowest BCUT2D eigenvalue weighted by Crippen LogP contribution is -2.14. The first kappa shape index (κ1) is 14.8. The van der Waals surface area contributed by atoms with Crippen molar-refractivity contribution in [3.63, 3.8) is 0 Å². The van der Waals surface area contributed by atoms with Gasteiger partial charge in [-0.05, 0) is 35.7 Å². The van der Waals surface area contributed by atoms with Crippen LogP contribution in [-0.4, -0.2) is 11.1 Å². The van der Waals surface area contributed by atoms with Crippen molar-refractivity contribution in [1.82, 2.24) is 5.32 Å². The summed E-state index contributed by atoms with van der Waals surface area (Å²) >= 11 is 3.41. The van der Waals surface area contributed by atoms with Crippen LogP contribution < -0.4 is 5.32 Å². The molecule has 2 aromatic carbocycles. The summed E-state index contributed by atoms with van der Waals surface area (Å²) in [5.74, 6) is -0.912. The summed E-state index contributed by atoms with van der Waals surface area (Å²) in [6.45, 7) is 3.57. The maximum atomic E-state index is 10.9. The Hall–Kier alpha value is -1.65. The molecule has 104 valence electrons. The van der Waals surface area contributed by atoms with Crippen molar-refractivity contribution < 1.29 is 9.90 Å². The molecule has 0 aliphatic heterocycles. The van der Waals surface area contributed by atoms with Crippen molar-refractivity contribution in [2.75, 3.05) is 0 Å². The fourth-order valence-corrected chi connectivity index (χ4v) is 2.48. The molecule has 0 aliphatic carbocycles. The number of rotatable bonds is 5. The summed E-state index contributed by atoms with van der Waals surface area (Å²) in [4.78, 5) is 10.9. The number of nitrogens with one attached hydrogen (secondary N) is 1. The first-order chi connectivity index (χ1) is 9.58. The SMILES string of the molecule is Cc1ccccc1CNCc1ccc(C(=O)O)cc1Br. The highest BCUT2D eigenvalue weighted by Gasteiger charge is 2.06. The van der Waals surface area contributed by atoms with Crippen LogP contribution in [0.3, 0.4) is 0 Å². The van der Waals surface area contributed by atoms with Gasteiger partial charge in [-0.15, -0.1) is 0 Å². The van der Waals surface area contributed by atoms with Gasteiger partial charge in [-0.25, -0.2) is 4.79 Å². The zero-order valence-corrected chi connectivity index (χ0v) is 12.8. The van der Waals surface area contributed by atoms with E-state index >= 15 is 0 Å². The average Bonchev–Trinajstić information content (AvgIpc) is 2.42. The standard InChI is InChI=1S/C16H16BrNO2/c1-11-4-2-3-5-13(11)9-18-10-14-7-6-12(16(19)20)8-15(14)17/h2-8,18H,9-10H2,1H3,(H,19,20). The van der Waals surface area contributed by atoms with Crippen LogP contribution in [0.4, 0.5) is 0 Å². The molecular formula is C16H16BrNO2. The van der Waals surface area contributed by atoms with Crippen molar-refractivity contribution in [2.45, 2.75) is 20.0 Å². The highest BCUT2D eigenvalue weighted by Crippen LogP contribution is 2.19. The molecule has 0 bridgehead atoms. The Bertz CT molecular complexity index is 626. The summed E-state index contributed by atoms with van der Waals surface area (Å²) in [6.07, 6.45) is 0. The van der Waals surface area contributed by atoms with E-state index in [0.717, 1.165) is 16.6 Å². The third kappa shape index (κ3) is 3.68. The highest BCUT2D eigenvalue weighted by atomic mass is 79.9. The van der Waals surface area contributed by atoms with Gasteiger partial charge in [0, 0.05) is 17.6 Å². The second-order valence-corrected chi connectivity index (χ2v) is 5.50. The number of benzene rings is 2. The van der Waals surface area contributed by atoms with Crippen molar-refractivity contribution in [3.8, 4) is 0 Å². The van der Waals surface area contributed by atoms with E-state index in [9.17, 15) is 4.79 Å². The molecule has 3 nitrogen and oxygen atoms in total. The Morgan fingerprint density at radius 3 is 2.50 bits per heavy atom. The minimum atomic E-state index is -0.912. The molecule has 20 heavy (non-hydrogen) atoms. The molecule has 2 N–H and O–H groups in total. The molecule has 0 aromatic heterocycles. The Labute approximate surface area is 126 Å². The smallest absolute Gasteiger partial charge is 0.335 e. The van der Waals surface area contributed by atoms with E-state index in [4.69, 9.17) is 5.11 Å². The van der Waals surface area contributed by atoms with Crippen molar-refractivity contribution in [1.29, 1.82) is 0 Å². The third-order valence-corrected chi connectivity index (χ3v) is 3.93. The molecule has 0 atom stereocenters. The molecule has 0 saturated heterocycles. The third-order valence-electron chi connectivity index (χ3n) is 3.19. The number of aromatic carboxylic acids is 1. The van der Waals surface area contributed by atoms with Gasteiger partial charge in [-0.2, -0.15) is 0 Å². The van der Waals surface area contributed by atoms with E-state index in [1.54, 1.807) is 12.1 Å². The molecule has 0 unspecified atom stereocenters. The first-order valence-electron chi connectivity index (χ1n) is 6.35. The maximum absolute atomic E-state index is 10.9. The van der Waals surface area contributed by atoms with Crippen molar-refractivity contribution >= 4 is 21.9 Å². The molecule has 0 heterocycles. The summed E-state index contributed by atoms with van der Waals surface area (Å²) in [5, 5.41) is 12.3.